The van der Waals surface area contributed by atoms with E-state index in [-0.39, 0.29) is 0 Å². The van der Waals surface area contributed by atoms with E-state index in [2.05, 4.69) is 30.3 Å². The van der Waals surface area contributed by atoms with Gasteiger partial charge in [-0.1, -0.05) is 30.3 Å². The van der Waals surface area contributed by atoms with Crippen LogP contribution in [0, 0.1) is 0 Å². The lowest BCUT2D eigenvalue weighted by molar-refractivity contribution is 0.354. The highest BCUT2D eigenvalue weighted by Gasteiger charge is 2.13. The minimum absolute atomic E-state index is 0.644. The monoisotopic (exact) mass is 528 g/mol. The SMILES string of the molecule is COc1cccc(CCc2ccc(OC)c(Oc3cc(CCc4ccc(OC)c(OC)c4)ccc3OC)c2)c1. The second-order valence-electron chi connectivity index (χ2n) is 9.11. The molecule has 4 aromatic carbocycles. The van der Waals surface area contributed by atoms with E-state index in [0.29, 0.717) is 23.0 Å². The van der Waals surface area contributed by atoms with Gasteiger partial charge in [0.15, 0.2) is 34.5 Å². The predicted molar refractivity (Wildman–Crippen MR) is 153 cm³/mol. The number of hydrogen-bond donors (Lipinski definition) is 0. The molecule has 0 aliphatic rings. The van der Waals surface area contributed by atoms with Gasteiger partial charge in [0.05, 0.1) is 35.5 Å². The van der Waals surface area contributed by atoms with Crippen LogP contribution < -0.4 is 28.4 Å². The van der Waals surface area contributed by atoms with Gasteiger partial charge in [-0.2, -0.15) is 0 Å². The fraction of sp³-hybridized carbons (Fsp3) is 0.273. The predicted octanol–water partition coefficient (Wildman–Crippen LogP) is 7.09. The van der Waals surface area contributed by atoms with E-state index in [4.69, 9.17) is 28.4 Å². The van der Waals surface area contributed by atoms with Gasteiger partial charge in [-0.15, -0.1) is 0 Å². The van der Waals surface area contributed by atoms with Crippen molar-refractivity contribution in [2.45, 2.75) is 25.7 Å². The van der Waals surface area contributed by atoms with Gasteiger partial charge in [-0.05, 0) is 96.5 Å². The number of rotatable bonds is 13. The third-order valence-corrected chi connectivity index (χ3v) is 6.66. The molecule has 0 N–H and O–H groups in total. The van der Waals surface area contributed by atoms with Gasteiger partial charge in [0, 0.05) is 0 Å². The third kappa shape index (κ3) is 7.17. The maximum absolute atomic E-state index is 6.40. The Balaban J connectivity index is 1.50. The van der Waals surface area contributed by atoms with Gasteiger partial charge in [0.1, 0.15) is 5.75 Å². The number of benzene rings is 4. The first kappa shape index (κ1) is 27.7. The van der Waals surface area contributed by atoms with E-state index in [1.165, 1.54) is 5.56 Å². The molecule has 0 amide bonds. The Morgan fingerprint density at radius 2 is 0.795 bits per heavy atom. The van der Waals surface area contributed by atoms with Crippen molar-refractivity contribution in [3.05, 3.63) is 101 Å². The van der Waals surface area contributed by atoms with E-state index in [1.807, 2.05) is 48.5 Å². The molecule has 0 saturated carbocycles. The van der Waals surface area contributed by atoms with Gasteiger partial charge >= 0.3 is 0 Å². The van der Waals surface area contributed by atoms with Gasteiger partial charge in [0.25, 0.3) is 0 Å². The summed E-state index contributed by atoms with van der Waals surface area (Å²) < 4.78 is 33.8. The zero-order valence-corrected chi connectivity index (χ0v) is 23.3. The second kappa shape index (κ2) is 13.5. The first-order valence-corrected chi connectivity index (χ1v) is 12.9. The summed E-state index contributed by atoms with van der Waals surface area (Å²) in [4.78, 5) is 0. The molecule has 0 radical (unpaired) electrons. The van der Waals surface area contributed by atoms with Crippen molar-refractivity contribution in [1.29, 1.82) is 0 Å². The minimum atomic E-state index is 0.644. The second-order valence-corrected chi connectivity index (χ2v) is 9.11. The molecule has 0 aliphatic heterocycles. The smallest absolute Gasteiger partial charge is 0.169 e. The number of aryl methyl sites for hydroxylation is 4. The summed E-state index contributed by atoms with van der Waals surface area (Å²) in [6.45, 7) is 0. The molecule has 0 fully saturated rings. The largest absolute Gasteiger partial charge is 0.497 e. The van der Waals surface area contributed by atoms with Crippen LogP contribution in [0.4, 0.5) is 0 Å². The molecule has 0 bridgehead atoms. The first-order chi connectivity index (χ1) is 19.1. The van der Waals surface area contributed by atoms with Crippen LogP contribution in [0.25, 0.3) is 0 Å². The van der Waals surface area contributed by atoms with Crippen LogP contribution in [-0.4, -0.2) is 35.5 Å². The van der Waals surface area contributed by atoms with Crippen molar-refractivity contribution in [2.24, 2.45) is 0 Å². The summed E-state index contributed by atoms with van der Waals surface area (Å²) in [6.07, 6.45) is 3.41. The van der Waals surface area contributed by atoms with Crippen LogP contribution >= 0.6 is 0 Å². The zero-order chi connectivity index (χ0) is 27.6. The van der Waals surface area contributed by atoms with E-state index in [0.717, 1.165) is 59.6 Å². The highest BCUT2D eigenvalue weighted by molar-refractivity contribution is 5.50. The Hall–Kier alpha value is -4.32. The quantitative estimate of drug-likeness (QED) is 0.185. The molecule has 0 aromatic heterocycles. The minimum Gasteiger partial charge on any atom is -0.497 e. The Morgan fingerprint density at radius 1 is 0.385 bits per heavy atom. The van der Waals surface area contributed by atoms with E-state index >= 15 is 0 Å². The standard InChI is InChI=1S/C33H36O6/c1-34-27-8-6-7-23(19-27)9-10-25-14-17-29(36-3)32(21-25)39-33-22-26(15-18-30(33)37-4)12-11-24-13-16-28(35-2)31(20-24)38-5/h6-8,13-22H,9-12H2,1-5H3. The molecule has 0 heterocycles. The van der Waals surface area contributed by atoms with E-state index in [1.54, 1.807) is 35.5 Å². The van der Waals surface area contributed by atoms with E-state index in [9.17, 15) is 0 Å². The van der Waals surface area contributed by atoms with Crippen molar-refractivity contribution in [3.63, 3.8) is 0 Å². The van der Waals surface area contributed by atoms with Crippen LogP contribution in [0.2, 0.25) is 0 Å². The Morgan fingerprint density at radius 3 is 1.23 bits per heavy atom. The molecule has 0 unspecified atom stereocenters. The van der Waals surface area contributed by atoms with Gasteiger partial charge in [-0.25, -0.2) is 0 Å². The summed E-state index contributed by atoms with van der Waals surface area (Å²) >= 11 is 0. The fourth-order valence-corrected chi connectivity index (χ4v) is 4.47. The highest BCUT2D eigenvalue weighted by Crippen LogP contribution is 2.38. The maximum Gasteiger partial charge on any atom is 0.169 e. The van der Waals surface area contributed by atoms with Gasteiger partial charge in [0.2, 0.25) is 0 Å². The van der Waals surface area contributed by atoms with Crippen molar-refractivity contribution < 1.29 is 28.4 Å². The van der Waals surface area contributed by atoms with Crippen molar-refractivity contribution in [2.75, 3.05) is 35.5 Å². The maximum atomic E-state index is 6.40. The molecule has 4 aromatic rings. The fourth-order valence-electron chi connectivity index (χ4n) is 4.47. The summed E-state index contributed by atoms with van der Waals surface area (Å²) in [5, 5.41) is 0. The molecular weight excluding hydrogens is 492 g/mol. The summed E-state index contributed by atoms with van der Waals surface area (Å²) in [5.41, 5.74) is 4.67. The Bertz CT molecular complexity index is 1380. The molecule has 6 heteroatoms. The molecule has 4 rings (SSSR count). The van der Waals surface area contributed by atoms with Crippen LogP contribution in [0.15, 0.2) is 78.9 Å². The van der Waals surface area contributed by atoms with Crippen molar-refractivity contribution in [3.8, 4) is 40.2 Å². The molecule has 6 nitrogen and oxygen atoms in total. The first-order valence-electron chi connectivity index (χ1n) is 12.9. The van der Waals surface area contributed by atoms with Crippen LogP contribution in [0.1, 0.15) is 22.3 Å². The molecule has 39 heavy (non-hydrogen) atoms. The summed E-state index contributed by atoms with van der Waals surface area (Å²) in [6, 6.07) is 26.3. The Kier molecular flexibility index (Phi) is 9.57. The molecule has 204 valence electrons. The lowest BCUT2D eigenvalue weighted by atomic mass is 10.0. The summed E-state index contributed by atoms with van der Waals surface area (Å²) in [5.74, 6) is 4.94. The molecule has 0 saturated heterocycles. The summed E-state index contributed by atoms with van der Waals surface area (Å²) in [7, 11) is 8.27. The van der Waals surface area contributed by atoms with Gasteiger partial charge < -0.3 is 28.4 Å². The third-order valence-electron chi connectivity index (χ3n) is 6.66. The highest BCUT2D eigenvalue weighted by atomic mass is 16.5. The number of methoxy groups -OCH3 is 5. The average Bonchev–Trinajstić information content (AvgIpc) is 2.99. The topological polar surface area (TPSA) is 55.4 Å². The number of ether oxygens (including phenoxy) is 6. The van der Waals surface area contributed by atoms with Gasteiger partial charge in [-0.3, -0.25) is 0 Å². The molecular formula is C33H36O6. The van der Waals surface area contributed by atoms with Crippen LogP contribution in [0.3, 0.4) is 0 Å². The lowest BCUT2D eigenvalue weighted by Gasteiger charge is -2.16. The average molecular weight is 529 g/mol. The van der Waals surface area contributed by atoms with Crippen LogP contribution in [0.5, 0.6) is 40.2 Å². The lowest BCUT2D eigenvalue weighted by Crippen LogP contribution is -1.98. The zero-order valence-electron chi connectivity index (χ0n) is 23.3. The Labute approximate surface area is 231 Å². The molecule has 0 atom stereocenters. The van der Waals surface area contributed by atoms with E-state index < -0.39 is 0 Å². The molecule has 0 aliphatic carbocycles. The van der Waals surface area contributed by atoms with Crippen molar-refractivity contribution in [1.82, 2.24) is 0 Å². The normalized spacial score (nSPS) is 10.6. The molecule has 0 spiro atoms. The number of hydrogen-bond acceptors (Lipinski definition) is 6. The van der Waals surface area contributed by atoms with Crippen LogP contribution in [-0.2, 0) is 25.7 Å². The van der Waals surface area contributed by atoms with Crippen molar-refractivity contribution >= 4 is 0 Å².